The molecule has 100 valence electrons. The average molecular weight is 275 g/mol. The van der Waals surface area contributed by atoms with Crippen LogP contribution in [0.15, 0.2) is 24.3 Å². The predicted molar refractivity (Wildman–Crippen MR) is 77.9 cm³/mol. The topological polar surface area (TPSA) is 50.2 Å². The number of rotatable bonds is 5. The second kappa shape index (κ2) is 5.97. The Hall–Kier alpha value is -1.68. The molecule has 1 N–H and O–H groups in total. The van der Waals surface area contributed by atoms with E-state index in [-0.39, 0.29) is 5.69 Å². The van der Waals surface area contributed by atoms with Gasteiger partial charge >= 0.3 is 5.97 Å². The number of aryl methyl sites for hydroxylation is 2. The number of thiazole rings is 1. The van der Waals surface area contributed by atoms with Gasteiger partial charge in [0.05, 0.1) is 9.88 Å². The number of benzene rings is 1. The second-order valence-electron chi connectivity index (χ2n) is 4.39. The molecule has 0 aliphatic carbocycles. The van der Waals surface area contributed by atoms with Crippen molar-refractivity contribution in [1.29, 1.82) is 0 Å². The van der Waals surface area contributed by atoms with E-state index < -0.39 is 5.97 Å². The summed E-state index contributed by atoms with van der Waals surface area (Å²) in [4.78, 5) is 16.3. The maximum atomic E-state index is 11.3. The van der Waals surface area contributed by atoms with E-state index in [9.17, 15) is 9.90 Å². The fraction of sp³-hybridized carbons (Fsp3) is 0.333. The minimum absolute atomic E-state index is 0.178. The van der Waals surface area contributed by atoms with Gasteiger partial charge in [-0.3, -0.25) is 0 Å². The largest absolute Gasteiger partial charge is 0.476 e. The van der Waals surface area contributed by atoms with Crippen LogP contribution in [-0.2, 0) is 12.8 Å². The van der Waals surface area contributed by atoms with Crippen LogP contribution in [0.4, 0.5) is 0 Å². The SMILES string of the molecule is CCCc1nc(C(=O)O)c(-c2ccc(CC)cc2)s1. The number of aromatic carboxylic acids is 1. The van der Waals surface area contributed by atoms with Crippen LogP contribution in [0, 0.1) is 0 Å². The van der Waals surface area contributed by atoms with Crippen molar-refractivity contribution in [2.24, 2.45) is 0 Å². The molecule has 3 nitrogen and oxygen atoms in total. The molecular weight excluding hydrogens is 258 g/mol. The van der Waals surface area contributed by atoms with Gasteiger partial charge in [0.15, 0.2) is 5.69 Å². The van der Waals surface area contributed by atoms with Crippen molar-refractivity contribution in [3.8, 4) is 10.4 Å². The number of carboxylic acids is 1. The molecule has 0 saturated heterocycles. The lowest BCUT2D eigenvalue weighted by Gasteiger charge is -2.01. The smallest absolute Gasteiger partial charge is 0.356 e. The zero-order valence-electron chi connectivity index (χ0n) is 11.1. The third-order valence-electron chi connectivity index (χ3n) is 2.96. The molecule has 0 radical (unpaired) electrons. The normalized spacial score (nSPS) is 10.6. The predicted octanol–water partition coefficient (Wildman–Crippen LogP) is 4.02. The summed E-state index contributed by atoms with van der Waals surface area (Å²) in [5, 5.41) is 10.2. The van der Waals surface area contributed by atoms with E-state index in [4.69, 9.17) is 0 Å². The fourth-order valence-electron chi connectivity index (χ4n) is 1.92. The van der Waals surface area contributed by atoms with Gasteiger partial charge in [0, 0.05) is 0 Å². The van der Waals surface area contributed by atoms with Crippen LogP contribution in [0.2, 0.25) is 0 Å². The van der Waals surface area contributed by atoms with Crippen molar-refractivity contribution >= 4 is 17.3 Å². The molecule has 1 aromatic heterocycles. The van der Waals surface area contributed by atoms with Crippen LogP contribution < -0.4 is 0 Å². The molecule has 19 heavy (non-hydrogen) atoms. The fourth-order valence-corrected chi connectivity index (χ4v) is 3.08. The molecule has 0 amide bonds. The van der Waals surface area contributed by atoms with Crippen molar-refractivity contribution in [2.45, 2.75) is 33.1 Å². The first kappa shape index (κ1) is 13.7. The van der Waals surface area contributed by atoms with Gasteiger partial charge in [0.1, 0.15) is 0 Å². The molecule has 1 heterocycles. The van der Waals surface area contributed by atoms with Crippen LogP contribution in [-0.4, -0.2) is 16.1 Å². The number of aromatic nitrogens is 1. The number of carbonyl (C=O) groups is 1. The van der Waals surface area contributed by atoms with Crippen LogP contribution in [0.3, 0.4) is 0 Å². The Bertz CT molecular complexity index is 572. The Labute approximate surface area is 116 Å². The maximum absolute atomic E-state index is 11.3. The molecule has 4 heteroatoms. The Balaban J connectivity index is 2.43. The van der Waals surface area contributed by atoms with E-state index >= 15 is 0 Å². The highest BCUT2D eigenvalue weighted by Crippen LogP contribution is 2.31. The quantitative estimate of drug-likeness (QED) is 0.896. The monoisotopic (exact) mass is 275 g/mol. The Kier molecular flexibility index (Phi) is 4.32. The molecule has 0 unspecified atom stereocenters. The Morgan fingerprint density at radius 3 is 2.47 bits per heavy atom. The minimum Gasteiger partial charge on any atom is -0.476 e. The van der Waals surface area contributed by atoms with Gasteiger partial charge in [0.25, 0.3) is 0 Å². The number of hydrogen-bond acceptors (Lipinski definition) is 3. The van der Waals surface area contributed by atoms with Crippen LogP contribution >= 0.6 is 11.3 Å². The zero-order valence-corrected chi connectivity index (χ0v) is 12.0. The van der Waals surface area contributed by atoms with Crippen molar-refractivity contribution in [3.05, 3.63) is 40.5 Å². The number of carboxylic acid groups (broad SMARTS) is 1. The first-order valence-electron chi connectivity index (χ1n) is 6.48. The summed E-state index contributed by atoms with van der Waals surface area (Å²) in [6.45, 7) is 4.17. The third-order valence-corrected chi connectivity index (χ3v) is 4.13. The lowest BCUT2D eigenvalue weighted by Crippen LogP contribution is -1.99. The van der Waals surface area contributed by atoms with Crippen molar-refractivity contribution in [1.82, 2.24) is 4.98 Å². The van der Waals surface area contributed by atoms with Gasteiger partial charge in [0.2, 0.25) is 0 Å². The van der Waals surface area contributed by atoms with Crippen molar-refractivity contribution in [3.63, 3.8) is 0 Å². The minimum atomic E-state index is -0.951. The standard InChI is InChI=1S/C15H17NO2S/c1-3-5-12-16-13(15(17)18)14(19-12)11-8-6-10(4-2)7-9-11/h6-9H,3-5H2,1-2H3,(H,17,18). The summed E-state index contributed by atoms with van der Waals surface area (Å²) >= 11 is 1.49. The highest BCUT2D eigenvalue weighted by Gasteiger charge is 2.18. The van der Waals surface area contributed by atoms with Gasteiger partial charge in [-0.2, -0.15) is 0 Å². The Morgan fingerprint density at radius 2 is 1.95 bits per heavy atom. The summed E-state index contributed by atoms with van der Waals surface area (Å²) in [5.74, 6) is -0.951. The lowest BCUT2D eigenvalue weighted by atomic mass is 10.1. The van der Waals surface area contributed by atoms with E-state index in [0.29, 0.717) is 0 Å². The summed E-state index contributed by atoms with van der Waals surface area (Å²) in [7, 11) is 0. The molecule has 0 fully saturated rings. The maximum Gasteiger partial charge on any atom is 0.356 e. The van der Waals surface area contributed by atoms with Crippen molar-refractivity contribution < 1.29 is 9.90 Å². The molecule has 0 atom stereocenters. The van der Waals surface area contributed by atoms with Gasteiger partial charge in [-0.25, -0.2) is 9.78 Å². The van der Waals surface area contributed by atoms with E-state index in [2.05, 4.69) is 18.8 Å². The molecule has 0 aliphatic heterocycles. The molecular formula is C15H17NO2S. The summed E-state index contributed by atoms with van der Waals surface area (Å²) in [5.41, 5.74) is 2.37. The molecule has 1 aromatic carbocycles. The first-order valence-corrected chi connectivity index (χ1v) is 7.29. The average Bonchev–Trinajstić information content (AvgIpc) is 2.83. The third kappa shape index (κ3) is 3.01. The molecule has 0 saturated carbocycles. The highest BCUT2D eigenvalue weighted by molar-refractivity contribution is 7.15. The molecule has 0 aliphatic rings. The van der Waals surface area contributed by atoms with Crippen LogP contribution in [0.1, 0.15) is 41.3 Å². The second-order valence-corrected chi connectivity index (χ2v) is 5.47. The molecule has 0 bridgehead atoms. The van der Waals surface area contributed by atoms with E-state index in [1.165, 1.54) is 16.9 Å². The van der Waals surface area contributed by atoms with Gasteiger partial charge < -0.3 is 5.11 Å². The van der Waals surface area contributed by atoms with Crippen LogP contribution in [0.5, 0.6) is 0 Å². The number of hydrogen-bond donors (Lipinski definition) is 1. The zero-order chi connectivity index (χ0) is 13.8. The van der Waals surface area contributed by atoms with Crippen molar-refractivity contribution in [2.75, 3.05) is 0 Å². The number of nitrogens with zero attached hydrogens (tertiary/aromatic N) is 1. The van der Waals surface area contributed by atoms with E-state index in [1.807, 2.05) is 24.3 Å². The van der Waals surface area contributed by atoms with Gasteiger partial charge in [-0.05, 0) is 30.4 Å². The van der Waals surface area contributed by atoms with E-state index in [0.717, 1.165) is 34.7 Å². The first-order chi connectivity index (χ1) is 9.15. The Morgan fingerprint density at radius 1 is 1.26 bits per heavy atom. The van der Waals surface area contributed by atoms with Crippen LogP contribution in [0.25, 0.3) is 10.4 Å². The molecule has 0 spiro atoms. The molecule has 2 rings (SSSR count). The highest BCUT2D eigenvalue weighted by atomic mass is 32.1. The summed E-state index contributed by atoms with van der Waals surface area (Å²) in [6.07, 6.45) is 2.79. The summed E-state index contributed by atoms with van der Waals surface area (Å²) < 4.78 is 0. The van der Waals surface area contributed by atoms with Gasteiger partial charge in [-0.15, -0.1) is 11.3 Å². The van der Waals surface area contributed by atoms with Gasteiger partial charge in [-0.1, -0.05) is 38.1 Å². The van der Waals surface area contributed by atoms with E-state index in [1.54, 1.807) is 0 Å². The summed E-state index contributed by atoms with van der Waals surface area (Å²) in [6, 6.07) is 8.05. The lowest BCUT2D eigenvalue weighted by molar-refractivity contribution is 0.0692. The molecule has 2 aromatic rings.